The van der Waals surface area contributed by atoms with Gasteiger partial charge in [-0.3, -0.25) is 10.1 Å². The smallest absolute Gasteiger partial charge is 0.322 e. The minimum Gasteiger partial charge on any atom is -0.468 e. The quantitative estimate of drug-likeness (QED) is 0.832. The Labute approximate surface area is 123 Å². The predicted octanol–water partition coefficient (Wildman–Crippen LogP) is 2.97. The number of benzene rings is 1. The normalized spacial score (nSPS) is 12.8. The molecule has 0 aliphatic heterocycles. The molecule has 0 fully saturated rings. The highest BCUT2D eigenvalue weighted by Gasteiger charge is 2.20. The second-order valence-corrected chi connectivity index (χ2v) is 6.28. The third kappa shape index (κ3) is 3.77. The maximum absolute atomic E-state index is 11.7. The highest BCUT2D eigenvalue weighted by atomic mass is 32.1. The number of carbonyl (C=O) groups excluding carboxylic acids is 1. The van der Waals surface area contributed by atoms with Gasteiger partial charge >= 0.3 is 5.97 Å². The summed E-state index contributed by atoms with van der Waals surface area (Å²) in [6.07, 6.45) is 0.761. The molecule has 0 saturated carbocycles. The zero-order valence-electron chi connectivity index (χ0n) is 12.1. The summed E-state index contributed by atoms with van der Waals surface area (Å²) in [6, 6.07) is 7.78. The van der Waals surface area contributed by atoms with Gasteiger partial charge in [0, 0.05) is 6.54 Å². The molecule has 2 aromatic rings. The number of fused-ring (bicyclic) bond motifs is 1. The number of hydrogen-bond donors (Lipinski definition) is 1. The van der Waals surface area contributed by atoms with Crippen LogP contribution in [0.15, 0.2) is 24.3 Å². The van der Waals surface area contributed by atoms with Crippen molar-refractivity contribution >= 4 is 27.5 Å². The first-order chi connectivity index (χ1) is 9.60. The van der Waals surface area contributed by atoms with Crippen LogP contribution in [0.3, 0.4) is 0 Å². The van der Waals surface area contributed by atoms with Crippen LogP contribution in [-0.2, 0) is 16.1 Å². The lowest BCUT2D eigenvalue weighted by Gasteiger charge is -2.17. The fourth-order valence-electron chi connectivity index (χ4n) is 2.08. The molecule has 4 nitrogen and oxygen atoms in total. The standard InChI is InChI=1S/C15H20N2O2S/c1-10(2)8-12(15(18)19-3)16-9-14-17-11-6-4-5-7-13(11)20-14/h4-7,10,12,16H,8-9H2,1-3H3. The van der Waals surface area contributed by atoms with Gasteiger partial charge in [0.15, 0.2) is 0 Å². The van der Waals surface area contributed by atoms with Gasteiger partial charge in [-0.05, 0) is 24.5 Å². The molecular weight excluding hydrogens is 272 g/mol. The van der Waals surface area contributed by atoms with Gasteiger partial charge in [0.1, 0.15) is 11.0 Å². The molecule has 0 bridgehead atoms. The molecule has 1 atom stereocenters. The average molecular weight is 292 g/mol. The summed E-state index contributed by atoms with van der Waals surface area (Å²) in [5, 5.41) is 4.24. The molecule has 0 amide bonds. The fraction of sp³-hybridized carbons (Fsp3) is 0.467. The second-order valence-electron chi connectivity index (χ2n) is 5.16. The first kappa shape index (κ1) is 14.9. The van der Waals surface area contributed by atoms with Crippen LogP contribution in [0.25, 0.3) is 10.2 Å². The van der Waals surface area contributed by atoms with Crippen LogP contribution < -0.4 is 5.32 Å². The first-order valence-electron chi connectivity index (χ1n) is 6.75. The maximum Gasteiger partial charge on any atom is 0.322 e. The zero-order chi connectivity index (χ0) is 14.5. The number of thiazole rings is 1. The molecule has 1 heterocycles. The van der Waals surface area contributed by atoms with Crippen molar-refractivity contribution in [3.05, 3.63) is 29.3 Å². The molecule has 0 saturated heterocycles. The van der Waals surface area contributed by atoms with Crippen molar-refractivity contribution in [2.45, 2.75) is 32.9 Å². The van der Waals surface area contributed by atoms with Gasteiger partial charge < -0.3 is 4.74 Å². The van der Waals surface area contributed by atoms with E-state index < -0.39 is 0 Å². The van der Waals surface area contributed by atoms with Crippen LogP contribution in [-0.4, -0.2) is 24.1 Å². The zero-order valence-corrected chi connectivity index (χ0v) is 12.9. The van der Waals surface area contributed by atoms with E-state index in [-0.39, 0.29) is 12.0 Å². The van der Waals surface area contributed by atoms with E-state index in [1.54, 1.807) is 11.3 Å². The summed E-state index contributed by atoms with van der Waals surface area (Å²) in [4.78, 5) is 16.3. The number of aromatic nitrogens is 1. The van der Waals surface area contributed by atoms with Crippen LogP contribution in [0, 0.1) is 5.92 Å². The SMILES string of the molecule is COC(=O)C(CC(C)C)NCc1nc2ccccc2s1. The lowest BCUT2D eigenvalue weighted by Crippen LogP contribution is -2.38. The van der Waals surface area contributed by atoms with Gasteiger partial charge in [0.05, 0.1) is 17.3 Å². The van der Waals surface area contributed by atoms with E-state index in [1.165, 1.54) is 11.8 Å². The molecule has 0 aliphatic carbocycles. The van der Waals surface area contributed by atoms with Crippen molar-refractivity contribution in [2.75, 3.05) is 7.11 Å². The van der Waals surface area contributed by atoms with E-state index in [0.29, 0.717) is 12.5 Å². The highest BCUT2D eigenvalue weighted by molar-refractivity contribution is 7.18. The van der Waals surface area contributed by atoms with Gasteiger partial charge in [-0.2, -0.15) is 0 Å². The number of methoxy groups -OCH3 is 1. The topological polar surface area (TPSA) is 51.2 Å². The third-order valence-corrected chi connectivity index (χ3v) is 4.07. The summed E-state index contributed by atoms with van der Waals surface area (Å²) < 4.78 is 6.01. The summed E-state index contributed by atoms with van der Waals surface area (Å²) in [6.45, 7) is 4.77. The largest absolute Gasteiger partial charge is 0.468 e. The van der Waals surface area contributed by atoms with E-state index in [4.69, 9.17) is 4.74 Å². The maximum atomic E-state index is 11.7. The number of esters is 1. The van der Waals surface area contributed by atoms with Gasteiger partial charge in [-0.15, -0.1) is 11.3 Å². The van der Waals surface area contributed by atoms with Crippen molar-refractivity contribution in [1.82, 2.24) is 10.3 Å². The minimum atomic E-state index is -0.271. The second kappa shape index (κ2) is 6.81. The number of nitrogens with one attached hydrogen (secondary N) is 1. The first-order valence-corrected chi connectivity index (χ1v) is 7.57. The molecule has 5 heteroatoms. The third-order valence-electron chi connectivity index (χ3n) is 3.03. The summed E-state index contributed by atoms with van der Waals surface area (Å²) in [5.74, 6) is 0.224. The van der Waals surface area contributed by atoms with Crippen LogP contribution in [0.5, 0.6) is 0 Å². The molecule has 2 rings (SSSR count). The molecule has 1 unspecified atom stereocenters. The van der Waals surface area contributed by atoms with Crippen LogP contribution in [0.1, 0.15) is 25.3 Å². The number of ether oxygens (including phenoxy) is 1. The van der Waals surface area contributed by atoms with Crippen molar-refractivity contribution in [3.8, 4) is 0 Å². The molecule has 0 radical (unpaired) electrons. The number of rotatable bonds is 6. The van der Waals surface area contributed by atoms with Gasteiger partial charge in [-0.1, -0.05) is 26.0 Å². The highest BCUT2D eigenvalue weighted by Crippen LogP contribution is 2.21. The molecule has 108 valence electrons. The fourth-order valence-corrected chi connectivity index (χ4v) is 3.00. The molecule has 1 aromatic heterocycles. The average Bonchev–Trinajstić information content (AvgIpc) is 2.84. The van der Waals surface area contributed by atoms with Crippen molar-refractivity contribution in [2.24, 2.45) is 5.92 Å². The van der Waals surface area contributed by atoms with E-state index in [2.05, 4.69) is 30.2 Å². The van der Waals surface area contributed by atoms with Crippen LogP contribution >= 0.6 is 11.3 Å². The summed E-state index contributed by atoms with van der Waals surface area (Å²) in [7, 11) is 1.43. The number of nitrogens with zero attached hydrogens (tertiary/aromatic N) is 1. The van der Waals surface area contributed by atoms with Crippen LogP contribution in [0.4, 0.5) is 0 Å². The Bertz CT molecular complexity index is 547. The van der Waals surface area contributed by atoms with Crippen LogP contribution in [0.2, 0.25) is 0 Å². The Hall–Kier alpha value is -1.46. The number of para-hydroxylation sites is 1. The summed E-state index contributed by atoms with van der Waals surface area (Å²) >= 11 is 1.65. The Balaban J connectivity index is 2.02. The summed E-state index contributed by atoms with van der Waals surface area (Å²) in [5.41, 5.74) is 1.01. The molecule has 1 N–H and O–H groups in total. The van der Waals surface area contributed by atoms with Crippen molar-refractivity contribution in [1.29, 1.82) is 0 Å². The number of hydrogen-bond acceptors (Lipinski definition) is 5. The minimum absolute atomic E-state index is 0.209. The predicted molar refractivity (Wildman–Crippen MR) is 81.7 cm³/mol. The van der Waals surface area contributed by atoms with Gasteiger partial charge in [-0.25, -0.2) is 4.98 Å². The lowest BCUT2D eigenvalue weighted by molar-refractivity contribution is -0.143. The van der Waals surface area contributed by atoms with Gasteiger partial charge in [0.2, 0.25) is 0 Å². The van der Waals surface area contributed by atoms with E-state index >= 15 is 0 Å². The van der Waals surface area contributed by atoms with E-state index in [0.717, 1.165) is 16.9 Å². The van der Waals surface area contributed by atoms with Gasteiger partial charge in [0.25, 0.3) is 0 Å². The Morgan fingerprint density at radius 1 is 1.40 bits per heavy atom. The molecule has 0 spiro atoms. The number of carbonyl (C=O) groups is 1. The Morgan fingerprint density at radius 2 is 2.15 bits per heavy atom. The molecular formula is C15H20N2O2S. The monoisotopic (exact) mass is 292 g/mol. The Kier molecular flexibility index (Phi) is 5.09. The molecule has 20 heavy (non-hydrogen) atoms. The molecule has 0 aliphatic rings. The lowest BCUT2D eigenvalue weighted by atomic mass is 10.0. The molecule has 1 aromatic carbocycles. The van der Waals surface area contributed by atoms with E-state index in [1.807, 2.05) is 18.2 Å². The Morgan fingerprint density at radius 3 is 2.80 bits per heavy atom. The van der Waals surface area contributed by atoms with Crippen molar-refractivity contribution < 1.29 is 9.53 Å². The van der Waals surface area contributed by atoms with E-state index in [9.17, 15) is 4.79 Å². The van der Waals surface area contributed by atoms with Crippen molar-refractivity contribution in [3.63, 3.8) is 0 Å².